The summed E-state index contributed by atoms with van der Waals surface area (Å²) in [4.78, 5) is 9.11. The van der Waals surface area contributed by atoms with Crippen LogP contribution in [0.5, 0.6) is 0 Å². The van der Waals surface area contributed by atoms with Gasteiger partial charge in [0.1, 0.15) is 5.82 Å². The van der Waals surface area contributed by atoms with Gasteiger partial charge in [0, 0.05) is 6.04 Å². The molecule has 0 aliphatic heterocycles. The van der Waals surface area contributed by atoms with E-state index in [0.717, 1.165) is 12.1 Å². The summed E-state index contributed by atoms with van der Waals surface area (Å²) in [7, 11) is -4.18. The molecule has 7 nitrogen and oxygen atoms in total. The van der Waals surface area contributed by atoms with Gasteiger partial charge in [0.05, 0.1) is 23.5 Å². The van der Waals surface area contributed by atoms with Crippen LogP contribution in [0.25, 0.3) is 0 Å². The number of rotatable bonds is 5. The molecule has 1 unspecified atom stereocenters. The van der Waals surface area contributed by atoms with E-state index in [1.807, 2.05) is 0 Å². The lowest BCUT2D eigenvalue weighted by Gasteiger charge is -2.11. The second-order valence-electron chi connectivity index (χ2n) is 3.75. The second kappa shape index (κ2) is 5.73. The van der Waals surface area contributed by atoms with Crippen LogP contribution >= 0.6 is 0 Å². The van der Waals surface area contributed by atoms with Crippen molar-refractivity contribution >= 4 is 15.7 Å². The van der Waals surface area contributed by atoms with Crippen LogP contribution in [0.2, 0.25) is 0 Å². The van der Waals surface area contributed by atoms with Gasteiger partial charge in [-0.1, -0.05) is 0 Å². The fourth-order valence-corrected chi connectivity index (χ4v) is 2.76. The van der Waals surface area contributed by atoms with Crippen molar-refractivity contribution in [2.45, 2.75) is 24.3 Å². The minimum absolute atomic E-state index is 0.0891. The first-order valence-corrected chi connectivity index (χ1v) is 6.59. The van der Waals surface area contributed by atoms with Gasteiger partial charge in [-0.15, -0.1) is 0 Å². The average molecular weight is 287 g/mol. The number of nitrogens with zero attached hydrogens (tertiary/aromatic N) is 2. The summed E-state index contributed by atoms with van der Waals surface area (Å²) in [6, 6.07) is 3.22. The van der Waals surface area contributed by atoms with E-state index in [9.17, 15) is 22.9 Å². The Morgan fingerprint density at radius 2 is 2.21 bits per heavy atom. The van der Waals surface area contributed by atoms with E-state index in [1.54, 1.807) is 6.07 Å². The van der Waals surface area contributed by atoms with Gasteiger partial charge in [0.2, 0.25) is 10.0 Å². The number of nitriles is 1. The van der Waals surface area contributed by atoms with Crippen LogP contribution in [-0.4, -0.2) is 19.4 Å². The molecule has 0 radical (unpaired) electrons. The highest BCUT2D eigenvalue weighted by Crippen LogP contribution is 2.24. The Balaban J connectivity index is 3.22. The van der Waals surface area contributed by atoms with Crippen molar-refractivity contribution in [1.82, 2.24) is 4.72 Å². The van der Waals surface area contributed by atoms with Crippen molar-refractivity contribution in [3.63, 3.8) is 0 Å². The largest absolute Gasteiger partial charge is 0.292 e. The number of hydrogen-bond donors (Lipinski definition) is 1. The summed E-state index contributed by atoms with van der Waals surface area (Å²) in [5.74, 6) is -0.907. The fraction of sp³-hybridized carbons (Fsp3) is 0.300. The molecule has 1 aromatic carbocycles. The molecule has 0 aliphatic rings. The zero-order valence-electron chi connectivity index (χ0n) is 9.83. The Labute approximate surface area is 108 Å². The maximum atomic E-state index is 12.9. The van der Waals surface area contributed by atoms with E-state index in [0.29, 0.717) is 6.07 Å². The summed E-state index contributed by atoms with van der Waals surface area (Å²) >= 11 is 0. The highest BCUT2D eigenvalue weighted by atomic mass is 32.2. The molecule has 9 heteroatoms. The summed E-state index contributed by atoms with van der Waals surface area (Å²) in [6.07, 6.45) is -0.0891. The molecule has 0 saturated carbocycles. The SMILES string of the molecule is CC(CC#N)NS(=O)(=O)c1ccc(F)cc1[N+](=O)[O-]. The molecule has 0 bridgehead atoms. The van der Waals surface area contributed by atoms with Gasteiger partial charge in [0.25, 0.3) is 5.69 Å². The molecule has 0 fully saturated rings. The minimum atomic E-state index is -4.18. The van der Waals surface area contributed by atoms with Gasteiger partial charge in [-0.25, -0.2) is 17.5 Å². The van der Waals surface area contributed by atoms with Crippen LogP contribution in [0.3, 0.4) is 0 Å². The number of nitrogens with one attached hydrogen (secondary N) is 1. The van der Waals surface area contributed by atoms with E-state index in [2.05, 4.69) is 4.72 Å². The van der Waals surface area contributed by atoms with Crippen LogP contribution in [0, 0.1) is 27.3 Å². The molecule has 0 amide bonds. The zero-order valence-corrected chi connectivity index (χ0v) is 10.6. The summed E-state index contributed by atoms with van der Waals surface area (Å²) in [5, 5.41) is 19.2. The van der Waals surface area contributed by atoms with E-state index in [-0.39, 0.29) is 6.42 Å². The number of benzene rings is 1. The predicted octanol–water partition coefficient (Wildman–Crippen LogP) is 1.31. The first-order chi connectivity index (χ1) is 8.77. The number of halogens is 1. The number of hydrogen-bond acceptors (Lipinski definition) is 5. The molecule has 0 spiro atoms. The molecule has 1 atom stereocenters. The van der Waals surface area contributed by atoms with Crippen LogP contribution in [0.15, 0.2) is 23.1 Å². The quantitative estimate of drug-likeness (QED) is 0.648. The van der Waals surface area contributed by atoms with Crippen LogP contribution in [-0.2, 0) is 10.0 Å². The van der Waals surface area contributed by atoms with E-state index in [4.69, 9.17) is 5.26 Å². The lowest BCUT2D eigenvalue weighted by atomic mass is 10.3. The molecule has 1 aromatic rings. The van der Waals surface area contributed by atoms with Crippen LogP contribution in [0.1, 0.15) is 13.3 Å². The molecule has 0 aliphatic carbocycles. The Morgan fingerprint density at radius 1 is 1.58 bits per heavy atom. The van der Waals surface area contributed by atoms with Gasteiger partial charge >= 0.3 is 0 Å². The van der Waals surface area contributed by atoms with Crippen molar-refractivity contribution in [3.8, 4) is 6.07 Å². The predicted molar refractivity (Wildman–Crippen MR) is 63.1 cm³/mol. The lowest BCUT2D eigenvalue weighted by molar-refractivity contribution is -0.388. The molecular weight excluding hydrogens is 277 g/mol. The topological polar surface area (TPSA) is 113 Å². The first-order valence-electron chi connectivity index (χ1n) is 5.11. The van der Waals surface area contributed by atoms with Gasteiger partial charge in [-0.2, -0.15) is 5.26 Å². The first kappa shape index (κ1) is 15.0. The second-order valence-corrected chi connectivity index (χ2v) is 5.44. The zero-order chi connectivity index (χ0) is 14.6. The van der Waals surface area contributed by atoms with E-state index in [1.165, 1.54) is 6.92 Å². The average Bonchev–Trinajstić information content (AvgIpc) is 2.27. The Hall–Kier alpha value is -2.05. The molecule has 0 heterocycles. The highest BCUT2D eigenvalue weighted by molar-refractivity contribution is 7.89. The summed E-state index contributed by atoms with van der Waals surface area (Å²) in [5.41, 5.74) is -0.850. The van der Waals surface area contributed by atoms with Gasteiger partial charge in [-0.05, 0) is 19.1 Å². The van der Waals surface area contributed by atoms with Gasteiger partial charge in [-0.3, -0.25) is 10.1 Å². The maximum absolute atomic E-state index is 12.9. The van der Waals surface area contributed by atoms with E-state index >= 15 is 0 Å². The molecule has 1 rings (SSSR count). The number of nitro benzene ring substituents is 1. The van der Waals surface area contributed by atoms with Crippen molar-refractivity contribution in [2.24, 2.45) is 0 Å². The maximum Gasteiger partial charge on any atom is 0.292 e. The van der Waals surface area contributed by atoms with Crippen molar-refractivity contribution in [3.05, 3.63) is 34.1 Å². The third-order valence-corrected chi connectivity index (χ3v) is 3.80. The normalized spacial score (nSPS) is 12.7. The number of nitro groups is 1. The third kappa shape index (κ3) is 3.70. The standard InChI is InChI=1S/C10H10FN3O4S/c1-7(4-5-12)13-19(17,18)10-3-2-8(11)6-9(10)14(15)16/h2-3,6-7,13H,4H2,1H3. The monoisotopic (exact) mass is 287 g/mol. The van der Waals surface area contributed by atoms with Crippen molar-refractivity contribution in [2.75, 3.05) is 0 Å². The van der Waals surface area contributed by atoms with Gasteiger partial charge < -0.3 is 0 Å². The Morgan fingerprint density at radius 3 is 2.74 bits per heavy atom. The lowest BCUT2D eigenvalue weighted by Crippen LogP contribution is -2.32. The van der Waals surface area contributed by atoms with Crippen LogP contribution < -0.4 is 4.72 Å². The summed E-state index contributed by atoms with van der Waals surface area (Å²) in [6.45, 7) is 1.44. The van der Waals surface area contributed by atoms with Crippen LogP contribution in [0.4, 0.5) is 10.1 Å². The molecule has 1 N–H and O–H groups in total. The number of sulfonamides is 1. The van der Waals surface area contributed by atoms with Gasteiger partial charge in [0.15, 0.2) is 4.90 Å². The molecule has 19 heavy (non-hydrogen) atoms. The minimum Gasteiger partial charge on any atom is -0.258 e. The smallest absolute Gasteiger partial charge is 0.258 e. The summed E-state index contributed by atoms with van der Waals surface area (Å²) < 4.78 is 38.8. The molecule has 102 valence electrons. The Kier molecular flexibility index (Phi) is 4.52. The molecule has 0 aromatic heterocycles. The molecular formula is C10H10FN3O4S. The highest BCUT2D eigenvalue weighted by Gasteiger charge is 2.27. The Bertz CT molecular complexity index is 639. The van der Waals surface area contributed by atoms with E-state index < -0.39 is 37.4 Å². The van der Waals surface area contributed by atoms with Crippen molar-refractivity contribution in [1.29, 1.82) is 5.26 Å². The third-order valence-electron chi connectivity index (χ3n) is 2.16. The molecule has 0 saturated heterocycles. The van der Waals surface area contributed by atoms with Crippen molar-refractivity contribution < 1.29 is 17.7 Å². The fourth-order valence-electron chi connectivity index (χ4n) is 1.37.